The minimum absolute atomic E-state index is 0.214. The van der Waals surface area contributed by atoms with Crippen LogP contribution in [0.2, 0.25) is 0 Å². The van der Waals surface area contributed by atoms with E-state index in [2.05, 4.69) is 20.3 Å². The van der Waals surface area contributed by atoms with Gasteiger partial charge < -0.3 is 15.2 Å². The molecule has 2 amide bonds. The molecule has 1 unspecified atom stereocenters. The van der Waals surface area contributed by atoms with E-state index < -0.39 is 17.4 Å². The molecule has 0 bridgehead atoms. The van der Waals surface area contributed by atoms with Gasteiger partial charge >= 0.3 is 6.03 Å². The van der Waals surface area contributed by atoms with Crippen LogP contribution in [0.4, 0.5) is 9.18 Å². The topological polar surface area (TPSA) is 91.0 Å². The molecule has 2 N–H and O–H groups in total. The standard InChI is InChI=1S/C17H16FN5O2/c1-17(2)14(22-16(25)23(17)3)13(24)11-5-9-10-4-8(18)6-20-15(10)21-12(9)7-19-11/h4-7,14H,1-3H3,(H,20,21)(H,22,25). The van der Waals surface area contributed by atoms with E-state index >= 15 is 0 Å². The van der Waals surface area contributed by atoms with Crippen molar-refractivity contribution in [1.82, 2.24) is 25.2 Å². The van der Waals surface area contributed by atoms with Crippen molar-refractivity contribution in [3.05, 3.63) is 36.0 Å². The Hall–Kier alpha value is -3.03. The van der Waals surface area contributed by atoms with E-state index in [1.165, 1.54) is 17.2 Å². The third kappa shape index (κ3) is 2.17. The normalized spacial score (nSPS) is 19.6. The second kappa shape index (κ2) is 4.98. The molecular weight excluding hydrogens is 325 g/mol. The molecule has 128 valence electrons. The van der Waals surface area contributed by atoms with Gasteiger partial charge in [0.15, 0.2) is 0 Å². The van der Waals surface area contributed by atoms with Crippen molar-refractivity contribution in [2.24, 2.45) is 0 Å². The van der Waals surface area contributed by atoms with Crippen LogP contribution in [0.25, 0.3) is 21.9 Å². The molecule has 0 aliphatic carbocycles. The van der Waals surface area contributed by atoms with Crippen LogP contribution in [-0.2, 0) is 0 Å². The first-order chi connectivity index (χ1) is 11.8. The Morgan fingerprint density at radius 3 is 2.68 bits per heavy atom. The number of nitrogens with zero attached hydrogens (tertiary/aromatic N) is 3. The number of hydrogen-bond acceptors (Lipinski definition) is 4. The number of halogens is 1. The van der Waals surface area contributed by atoms with E-state index in [4.69, 9.17) is 0 Å². The average Bonchev–Trinajstić information content (AvgIpc) is 3.03. The van der Waals surface area contributed by atoms with Crippen LogP contribution in [0.15, 0.2) is 24.5 Å². The molecule has 8 heteroatoms. The van der Waals surface area contributed by atoms with Crippen molar-refractivity contribution >= 4 is 33.8 Å². The first kappa shape index (κ1) is 15.5. The number of Topliss-reactive ketones (excluding diaryl/α,β-unsaturated/α-hetero) is 1. The van der Waals surface area contributed by atoms with Gasteiger partial charge in [-0.1, -0.05) is 0 Å². The van der Waals surface area contributed by atoms with Gasteiger partial charge in [0.05, 0.1) is 23.4 Å². The van der Waals surface area contributed by atoms with Gasteiger partial charge in [0.1, 0.15) is 23.2 Å². The zero-order chi connectivity index (χ0) is 17.9. The van der Waals surface area contributed by atoms with Gasteiger partial charge in [-0.05, 0) is 26.0 Å². The van der Waals surface area contributed by atoms with Crippen molar-refractivity contribution in [2.45, 2.75) is 25.4 Å². The van der Waals surface area contributed by atoms with Gasteiger partial charge in [-0.2, -0.15) is 0 Å². The first-order valence-electron chi connectivity index (χ1n) is 7.80. The second-order valence-corrected chi connectivity index (χ2v) is 6.75. The molecule has 7 nitrogen and oxygen atoms in total. The number of aromatic nitrogens is 3. The number of ketones is 1. The number of H-pyrrole nitrogens is 1. The zero-order valence-electron chi connectivity index (χ0n) is 13.9. The van der Waals surface area contributed by atoms with E-state index in [1.807, 2.05) is 13.8 Å². The largest absolute Gasteiger partial charge is 0.338 e. The lowest BCUT2D eigenvalue weighted by Gasteiger charge is -2.30. The number of carbonyl (C=O) groups is 2. The summed E-state index contributed by atoms with van der Waals surface area (Å²) in [4.78, 5) is 37.6. The van der Waals surface area contributed by atoms with Crippen LogP contribution >= 0.6 is 0 Å². The van der Waals surface area contributed by atoms with Gasteiger partial charge in [0, 0.05) is 17.8 Å². The quantitative estimate of drug-likeness (QED) is 0.699. The van der Waals surface area contributed by atoms with E-state index in [1.54, 1.807) is 13.1 Å². The molecule has 25 heavy (non-hydrogen) atoms. The zero-order valence-corrected chi connectivity index (χ0v) is 13.9. The Labute approximate surface area is 142 Å². The minimum Gasteiger partial charge on any atom is -0.338 e. The maximum absolute atomic E-state index is 13.5. The lowest BCUT2D eigenvalue weighted by atomic mass is 9.90. The molecule has 3 aromatic rings. The van der Waals surface area contributed by atoms with Crippen LogP contribution in [0.3, 0.4) is 0 Å². The van der Waals surface area contributed by atoms with Crippen LogP contribution < -0.4 is 5.32 Å². The molecule has 1 aliphatic heterocycles. The number of nitrogens with one attached hydrogen (secondary N) is 2. The number of amides is 2. The number of urea groups is 1. The summed E-state index contributed by atoms with van der Waals surface area (Å²) in [6, 6.07) is 1.96. The maximum Gasteiger partial charge on any atom is 0.318 e. The highest BCUT2D eigenvalue weighted by Gasteiger charge is 2.48. The number of hydrogen-bond donors (Lipinski definition) is 2. The van der Waals surface area contributed by atoms with Gasteiger partial charge in [-0.15, -0.1) is 0 Å². The summed E-state index contributed by atoms with van der Waals surface area (Å²) in [5.74, 6) is -0.743. The van der Waals surface area contributed by atoms with Crippen LogP contribution in [0.1, 0.15) is 24.3 Å². The van der Waals surface area contributed by atoms with Gasteiger partial charge in [0.25, 0.3) is 0 Å². The molecular formula is C17H16FN5O2. The number of likely N-dealkylation sites (N-methyl/N-ethyl adjacent to an activating group) is 1. The van der Waals surface area contributed by atoms with E-state index in [-0.39, 0.29) is 17.5 Å². The van der Waals surface area contributed by atoms with Crippen molar-refractivity contribution in [2.75, 3.05) is 7.05 Å². The Balaban J connectivity index is 1.81. The molecule has 3 aromatic heterocycles. The molecule has 1 aliphatic rings. The van der Waals surface area contributed by atoms with Gasteiger partial charge in [-0.25, -0.2) is 14.2 Å². The maximum atomic E-state index is 13.5. The fraction of sp³-hybridized carbons (Fsp3) is 0.294. The highest BCUT2D eigenvalue weighted by molar-refractivity contribution is 6.10. The third-order valence-electron chi connectivity index (χ3n) is 4.96. The van der Waals surface area contributed by atoms with Gasteiger partial charge in [0.2, 0.25) is 5.78 Å². The fourth-order valence-corrected chi connectivity index (χ4v) is 3.17. The van der Waals surface area contributed by atoms with E-state index in [0.717, 1.165) is 6.20 Å². The Bertz CT molecular complexity index is 1040. The summed E-state index contributed by atoms with van der Waals surface area (Å²) < 4.78 is 13.5. The van der Waals surface area contributed by atoms with Crippen molar-refractivity contribution in [3.63, 3.8) is 0 Å². The third-order valence-corrected chi connectivity index (χ3v) is 4.96. The number of fused-ring (bicyclic) bond motifs is 3. The Morgan fingerprint density at radius 2 is 2.00 bits per heavy atom. The molecule has 4 heterocycles. The summed E-state index contributed by atoms with van der Waals surface area (Å²) in [5, 5.41) is 3.94. The van der Waals surface area contributed by atoms with E-state index in [0.29, 0.717) is 21.9 Å². The van der Waals surface area contributed by atoms with Gasteiger partial charge in [-0.3, -0.25) is 9.78 Å². The Morgan fingerprint density at radius 1 is 1.24 bits per heavy atom. The van der Waals surface area contributed by atoms with Crippen molar-refractivity contribution in [3.8, 4) is 0 Å². The molecule has 4 rings (SSSR count). The van der Waals surface area contributed by atoms with Crippen molar-refractivity contribution < 1.29 is 14.0 Å². The molecule has 0 spiro atoms. The van der Waals surface area contributed by atoms with Crippen molar-refractivity contribution in [1.29, 1.82) is 0 Å². The second-order valence-electron chi connectivity index (χ2n) is 6.75. The molecule has 0 radical (unpaired) electrons. The predicted octanol–water partition coefficient (Wildman–Crippen LogP) is 2.24. The predicted molar refractivity (Wildman–Crippen MR) is 89.8 cm³/mol. The SMILES string of the molecule is CN1C(=O)NC(C(=O)c2cc3c(cn2)[nH]c2ncc(F)cc23)C1(C)C. The highest BCUT2D eigenvalue weighted by Crippen LogP contribution is 2.28. The molecule has 1 atom stereocenters. The smallest absolute Gasteiger partial charge is 0.318 e. The lowest BCUT2D eigenvalue weighted by Crippen LogP contribution is -2.49. The summed E-state index contributed by atoms with van der Waals surface area (Å²) in [5.41, 5.74) is 0.721. The molecule has 0 saturated carbocycles. The minimum atomic E-state index is -0.713. The first-order valence-corrected chi connectivity index (χ1v) is 7.80. The molecule has 0 aromatic carbocycles. The monoisotopic (exact) mass is 341 g/mol. The molecule has 1 saturated heterocycles. The Kier molecular flexibility index (Phi) is 3.09. The van der Waals surface area contributed by atoms with Crippen LogP contribution in [0.5, 0.6) is 0 Å². The average molecular weight is 341 g/mol. The van der Waals surface area contributed by atoms with Crippen LogP contribution in [0, 0.1) is 5.82 Å². The molecule has 1 fully saturated rings. The summed E-state index contributed by atoms with van der Waals surface area (Å²) >= 11 is 0. The summed E-state index contributed by atoms with van der Waals surface area (Å²) in [7, 11) is 1.65. The number of pyridine rings is 2. The van der Waals surface area contributed by atoms with E-state index in [9.17, 15) is 14.0 Å². The lowest BCUT2D eigenvalue weighted by molar-refractivity contribution is 0.0886. The summed E-state index contributed by atoms with van der Waals surface area (Å²) in [6.07, 6.45) is 2.65. The number of carbonyl (C=O) groups excluding carboxylic acids is 2. The number of rotatable bonds is 2. The summed E-state index contributed by atoms with van der Waals surface area (Å²) in [6.45, 7) is 3.63. The fourth-order valence-electron chi connectivity index (χ4n) is 3.17. The van der Waals surface area contributed by atoms with Crippen LogP contribution in [-0.4, -0.2) is 50.3 Å². The highest BCUT2D eigenvalue weighted by atomic mass is 19.1. The number of aromatic amines is 1.